The second kappa shape index (κ2) is 7.57. The van der Waals surface area contributed by atoms with Crippen LogP contribution in [0.4, 0.5) is 5.69 Å². The van der Waals surface area contributed by atoms with Gasteiger partial charge >= 0.3 is 5.97 Å². The topological polar surface area (TPSA) is 95.7 Å². The van der Waals surface area contributed by atoms with Gasteiger partial charge in [0.2, 0.25) is 5.78 Å². The van der Waals surface area contributed by atoms with Crippen molar-refractivity contribution in [1.29, 1.82) is 0 Å². The van der Waals surface area contributed by atoms with Gasteiger partial charge in [0.05, 0.1) is 12.0 Å². The van der Waals surface area contributed by atoms with Gasteiger partial charge in [0.1, 0.15) is 11.3 Å². The summed E-state index contributed by atoms with van der Waals surface area (Å²) in [7, 11) is 1.43. The Morgan fingerprint density at radius 1 is 1.12 bits per heavy atom. The third-order valence-electron chi connectivity index (χ3n) is 3.64. The number of ketones is 1. The maximum absolute atomic E-state index is 12.2. The first-order valence-corrected chi connectivity index (χ1v) is 7.43. The van der Waals surface area contributed by atoms with E-state index in [-0.39, 0.29) is 16.8 Å². The fourth-order valence-electron chi connectivity index (χ4n) is 2.25. The number of nitro groups is 1. The molecule has 2 aromatic rings. The number of esters is 1. The van der Waals surface area contributed by atoms with Crippen LogP contribution in [0.5, 0.6) is 5.75 Å². The Balaban J connectivity index is 2.12. The number of nitrogens with zero attached hydrogens (tertiary/aromatic N) is 1. The molecule has 0 spiro atoms. The second-order valence-corrected chi connectivity index (χ2v) is 5.46. The van der Waals surface area contributed by atoms with Crippen LogP contribution in [0.25, 0.3) is 0 Å². The van der Waals surface area contributed by atoms with Crippen molar-refractivity contribution >= 4 is 17.4 Å². The third-order valence-corrected chi connectivity index (χ3v) is 3.64. The molecule has 0 aliphatic rings. The molecule has 0 aliphatic heterocycles. The molecule has 0 aromatic heterocycles. The summed E-state index contributed by atoms with van der Waals surface area (Å²) >= 11 is 0. The van der Waals surface area contributed by atoms with Crippen molar-refractivity contribution < 1.29 is 24.0 Å². The molecule has 25 heavy (non-hydrogen) atoms. The van der Waals surface area contributed by atoms with Crippen LogP contribution in [0.2, 0.25) is 0 Å². The fraction of sp³-hybridized carbons (Fsp3) is 0.222. The number of hydrogen-bond donors (Lipinski definition) is 0. The average Bonchev–Trinajstić information content (AvgIpc) is 2.59. The van der Waals surface area contributed by atoms with E-state index in [2.05, 4.69) is 0 Å². The quantitative estimate of drug-likeness (QED) is 0.346. The lowest BCUT2D eigenvalue weighted by atomic mass is 10.1. The highest BCUT2D eigenvalue weighted by atomic mass is 16.6. The molecule has 0 fully saturated rings. The van der Waals surface area contributed by atoms with Gasteiger partial charge < -0.3 is 9.47 Å². The molecule has 0 radical (unpaired) electrons. The van der Waals surface area contributed by atoms with Crippen LogP contribution in [-0.2, 0) is 4.74 Å². The lowest BCUT2D eigenvalue weighted by molar-refractivity contribution is -0.385. The number of carbonyl (C=O) groups is 2. The Kier molecular flexibility index (Phi) is 5.49. The average molecular weight is 343 g/mol. The summed E-state index contributed by atoms with van der Waals surface area (Å²) in [4.78, 5) is 34.7. The molecule has 0 unspecified atom stereocenters. The number of hydrogen-bond acceptors (Lipinski definition) is 6. The summed E-state index contributed by atoms with van der Waals surface area (Å²) in [5.41, 5.74) is 1.46. The second-order valence-electron chi connectivity index (χ2n) is 5.46. The first-order chi connectivity index (χ1) is 11.8. The monoisotopic (exact) mass is 343 g/mol. The van der Waals surface area contributed by atoms with Crippen LogP contribution in [0.15, 0.2) is 36.4 Å². The van der Waals surface area contributed by atoms with E-state index in [0.717, 1.165) is 5.56 Å². The van der Waals surface area contributed by atoms with E-state index in [4.69, 9.17) is 9.47 Å². The van der Waals surface area contributed by atoms with E-state index in [0.29, 0.717) is 11.3 Å². The molecule has 2 aromatic carbocycles. The predicted molar refractivity (Wildman–Crippen MR) is 90.2 cm³/mol. The minimum atomic E-state index is -0.699. The largest absolute Gasteiger partial charge is 0.496 e. The lowest BCUT2D eigenvalue weighted by Crippen LogP contribution is -2.15. The summed E-state index contributed by atoms with van der Waals surface area (Å²) in [5, 5.41) is 10.9. The van der Waals surface area contributed by atoms with E-state index in [1.54, 1.807) is 25.1 Å². The summed E-state index contributed by atoms with van der Waals surface area (Å²) in [6, 6.07) is 9.15. The lowest BCUT2D eigenvalue weighted by Gasteiger charge is -2.09. The summed E-state index contributed by atoms with van der Waals surface area (Å²) in [6.45, 7) is 2.87. The summed E-state index contributed by atoms with van der Waals surface area (Å²) < 4.78 is 10.1. The zero-order chi connectivity index (χ0) is 18.6. The van der Waals surface area contributed by atoms with Gasteiger partial charge in [-0.2, -0.15) is 0 Å². The number of carbonyl (C=O) groups excluding carboxylic acids is 2. The van der Waals surface area contributed by atoms with Crippen molar-refractivity contribution in [3.63, 3.8) is 0 Å². The van der Waals surface area contributed by atoms with E-state index >= 15 is 0 Å². The maximum Gasteiger partial charge on any atom is 0.342 e. The molecule has 0 aliphatic carbocycles. The number of ether oxygens (including phenoxy) is 2. The third kappa shape index (κ3) is 4.20. The highest BCUT2D eigenvalue weighted by Crippen LogP contribution is 2.22. The molecule has 7 nitrogen and oxygen atoms in total. The van der Waals surface area contributed by atoms with Gasteiger partial charge in [-0.3, -0.25) is 14.9 Å². The molecule has 0 bridgehead atoms. The van der Waals surface area contributed by atoms with Crippen LogP contribution in [0.3, 0.4) is 0 Å². The molecule has 7 heteroatoms. The Bertz CT molecular complexity index is 843. The highest BCUT2D eigenvalue weighted by Gasteiger charge is 2.18. The van der Waals surface area contributed by atoms with Crippen LogP contribution in [-0.4, -0.2) is 30.4 Å². The standard InChI is InChI=1S/C18H17NO6/c1-11-4-7-17(24-3)14(8-11)18(21)25-10-16(20)13-6-5-12(2)15(9-13)19(22)23/h4-9H,10H2,1-3H3. The van der Waals surface area contributed by atoms with Crippen LogP contribution in [0.1, 0.15) is 31.8 Å². The maximum atomic E-state index is 12.2. The van der Waals surface area contributed by atoms with Gasteiger partial charge in [-0.15, -0.1) is 0 Å². The molecule has 0 saturated heterocycles. The van der Waals surface area contributed by atoms with Gasteiger partial charge in [-0.05, 0) is 26.0 Å². The number of nitro benzene ring substituents is 1. The van der Waals surface area contributed by atoms with Gasteiger partial charge in [-0.25, -0.2) is 4.79 Å². The molecular weight excluding hydrogens is 326 g/mol. The Hall–Kier alpha value is -3.22. The number of benzene rings is 2. The first-order valence-electron chi connectivity index (χ1n) is 7.43. The van der Waals surface area contributed by atoms with Crippen molar-refractivity contribution in [3.05, 3.63) is 68.8 Å². The SMILES string of the molecule is COc1ccc(C)cc1C(=O)OCC(=O)c1ccc(C)c([N+](=O)[O-])c1. The smallest absolute Gasteiger partial charge is 0.342 e. The first kappa shape index (κ1) is 18.1. The van der Waals surface area contributed by atoms with Crippen molar-refractivity contribution in [2.24, 2.45) is 0 Å². The number of rotatable bonds is 6. The molecule has 0 heterocycles. The predicted octanol–water partition coefficient (Wildman–Crippen LogP) is 3.26. The molecular formula is C18H17NO6. The van der Waals surface area contributed by atoms with Crippen molar-refractivity contribution in [2.45, 2.75) is 13.8 Å². The summed E-state index contributed by atoms with van der Waals surface area (Å²) in [6.07, 6.45) is 0. The van der Waals surface area contributed by atoms with Gasteiger partial charge in [0, 0.05) is 17.2 Å². The van der Waals surface area contributed by atoms with E-state index < -0.39 is 23.3 Å². The minimum absolute atomic E-state index is 0.112. The van der Waals surface area contributed by atoms with Gasteiger partial charge in [-0.1, -0.05) is 23.8 Å². The van der Waals surface area contributed by atoms with Crippen LogP contribution >= 0.6 is 0 Å². The zero-order valence-electron chi connectivity index (χ0n) is 14.1. The van der Waals surface area contributed by atoms with E-state index in [1.165, 1.54) is 25.3 Å². The Labute approximate surface area is 144 Å². The molecule has 0 atom stereocenters. The van der Waals surface area contributed by atoms with Crippen LogP contribution in [0, 0.1) is 24.0 Å². The zero-order valence-corrected chi connectivity index (χ0v) is 14.1. The minimum Gasteiger partial charge on any atom is -0.496 e. The molecule has 0 saturated carbocycles. The molecule has 2 rings (SSSR count). The number of Topliss-reactive ketones (excluding diaryl/α,β-unsaturated/α-hetero) is 1. The number of aryl methyl sites for hydroxylation is 2. The van der Waals surface area contributed by atoms with Crippen molar-refractivity contribution in [3.8, 4) is 5.75 Å². The molecule has 0 N–H and O–H groups in total. The van der Waals surface area contributed by atoms with Crippen molar-refractivity contribution in [1.82, 2.24) is 0 Å². The fourth-order valence-corrected chi connectivity index (χ4v) is 2.25. The van der Waals surface area contributed by atoms with E-state index in [1.807, 2.05) is 6.92 Å². The number of methoxy groups -OCH3 is 1. The van der Waals surface area contributed by atoms with Crippen LogP contribution < -0.4 is 4.74 Å². The highest BCUT2D eigenvalue weighted by molar-refractivity contribution is 6.00. The van der Waals surface area contributed by atoms with E-state index in [9.17, 15) is 19.7 Å². The van der Waals surface area contributed by atoms with Crippen molar-refractivity contribution in [2.75, 3.05) is 13.7 Å². The Morgan fingerprint density at radius 2 is 1.84 bits per heavy atom. The van der Waals surface area contributed by atoms with Gasteiger partial charge in [0.25, 0.3) is 5.69 Å². The Morgan fingerprint density at radius 3 is 2.48 bits per heavy atom. The normalized spacial score (nSPS) is 10.2. The summed E-state index contributed by atoms with van der Waals surface area (Å²) in [5.74, 6) is -0.882. The van der Waals surface area contributed by atoms with Gasteiger partial charge in [0.15, 0.2) is 6.61 Å². The molecule has 130 valence electrons. The molecule has 0 amide bonds.